The van der Waals surface area contributed by atoms with Crippen molar-refractivity contribution in [2.24, 2.45) is 17.8 Å². The second kappa shape index (κ2) is 4.44. The lowest BCUT2D eigenvalue weighted by atomic mass is 9.95. The van der Waals surface area contributed by atoms with Gasteiger partial charge in [0, 0.05) is 12.5 Å². The molecule has 1 aliphatic rings. The van der Waals surface area contributed by atoms with E-state index in [0.29, 0.717) is 12.5 Å². The van der Waals surface area contributed by atoms with Gasteiger partial charge in [0.25, 0.3) is 0 Å². The molecule has 2 unspecified atom stereocenters. The Morgan fingerprint density at radius 2 is 1.93 bits per heavy atom. The van der Waals surface area contributed by atoms with E-state index < -0.39 is 17.8 Å². The van der Waals surface area contributed by atoms with Crippen LogP contribution in [0.4, 0.5) is 0 Å². The number of carbonyl (C=O) groups is 2. The maximum absolute atomic E-state index is 11.4. The number of carboxylic acid groups (broad SMARTS) is 1. The monoisotopic (exact) mass is 199 g/mol. The van der Waals surface area contributed by atoms with Crippen molar-refractivity contribution in [2.75, 3.05) is 6.54 Å². The molecule has 1 fully saturated rings. The van der Waals surface area contributed by atoms with Crippen LogP contribution in [-0.4, -0.2) is 23.5 Å². The topological polar surface area (TPSA) is 66.4 Å². The highest BCUT2D eigenvalue weighted by Crippen LogP contribution is 2.27. The van der Waals surface area contributed by atoms with Crippen LogP contribution in [0.2, 0.25) is 0 Å². The Labute approximate surface area is 83.7 Å². The molecule has 0 saturated heterocycles. The van der Waals surface area contributed by atoms with E-state index in [4.69, 9.17) is 5.11 Å². The number of hydrogen-bond donors (Lipinski definition) is 2. The number of carboxylic acids is 1. The second-order valence-electron chi connectivity index (χ2n) is 4.10. The van der Waals surface area contributed by atoms with Crippen molar-refractivity contribution in [1.29, 1.82) is 0 Å². The maximum Gasteiger partial charge on any atom is 0.307 e. The lowest BCUT2D eigenvalue weighted by molar-refractivity contribution is -0.146. The van der Waals surface area contributed by atoms with E-state index in [9.17, 15) is 9.59 Å². The number of aliphatic carboxylic acids is 1. The SMILES string of the molecule is CC(C(=O)O)C(C)C(=O)NCC1CC1. The van der Waals surface area contributed by atoms with Crippen molar-refractivity contribution in [1.82, 2.24) is 5.32 Å². The van der Waals surface area contributed by atoms with E-state index in [1.54, 1.807) is 13.8 Å². The summed E-state index contributed by atoms with van der Waals surface area (Å²) < 4.78 is 0. The Bertz CT molecular complexity index is 236. The molecule has 80 valence electrons. The summed E-state index contributed by atoms with van der Waals surface area (Å²) in [5.74, 6) is -1.50. The zero-order valence-corrected chi connectivity index (χ0v) is 8.62. The molecule has 1 saturated carbocycles. The summed E-state index contributed by atoms with van der Waals surface area (Å²) in [5, 5.41) is 11.5. The van der Waals surface area contributed by atoms with Gasteiger partial charge in [-0.2, -0.15) is 0 Å². The first-order chi connectivity index (χ1) is 6.52. The van der Waals surface area contributed by atoms with Crippen LogP contribution in [0.3, 0.4) is 0 Å². The first-order valence-corrected chi connectivity index (χ1v) is 5.03. The number of amides is 1. The van der Waals surface area contributed by atoms with E-state index in [2.05, 4.69) is 5.32 Å². The molecule has 1 aliphatic carbocycles. The highest BCUT2D eigenvalue weighted by molar-refractivity contribution is 5.84. The Morgan fingerprint density at radius 1 is 1.36 bits per heavy atom. The molecule has 14 heavy (non-hydrogen) atoms. The average molecular weight is 199 g/mol. The van der Waals surface area contributed by atoms with Gasteiger partial charge in [-0.1, -0.05) is 13.8 Å². The number of hydrogen-bond acceptors (Lipinski definition) is 2. The third kappa shape index (κ3) is 3.01. The molecule has 0 aromatic rings. The lowest BCUT2D eigenvalue weighted by Gasteiger charge is -2.15. The summed E-state index contributed by atoms with van der Waals surface area (Å²) in [6.07, 6.45) is 2.37. The van der Waals surface area contributed by atoms with Gasteiger partial charge in [0.05, 0.1) is 5.92 Å². The number of nitrogens with one attached hydrogen (secondary N) is 1. The van der Waals surface area contributed by atoms with E-state index in [1.807, 2.05) is 0 Å². The molecular weight excluding hydrogens is 182 g/mol. The van der Waals surface area contributed by atoms with E-state index in [1.165, 1.54) is 12.8 Å². The van der Waals surface area contributed by atoms with Gasteiger partial charge in [-0.05, 0) is 18.8 Å². The van der Waals surface area contributed by atoms with E-state index in [0.717, 1.165) is 0 Å². The van der Waals surface area contributed by atoms with Gasteiger partial charge in [-0.15, -0.1) is 0 Å². The summed E-state index contributed by atoms with van der Waals surface area (Å²) in [6.45, 7) is 3.92. The van der Waals surface area contributed by atoms with E-state index in [-0.39, 0.29) is 5.91 Å². The van der Waals surface area contributed by atoms with Gasteiger partial charge < -0.3 is 10.4 Å². The molecule has 0 radical (unpaired) electrons. The van der Waals surface area contributed by atoms with Crippen molar-refractivity contribution in [3.8, 4) is 0 Å². The van der Waals surface area contributed by atoms with Crippen molar-refractivity contribution < 1.29 is 14.7 Å². The highest BCUT2D eigenvalue weighted by Gasteiger charge is 2.27. The molecule has 1 rings (SSSR count). The molecule has 0 bridgehead atoms. The minimum atomic E-state index is -0.918. The largest absolute Gasteiger partial charge is 0.481 e. The van der Waals surface area contributed by atoms with Crippen molar-refractivity contribution in [3.63, 3.8) is 0 Å². The lowest BCUT2D eigenvalue weighted by Crippen LogP contribution is -2.36. The van der Waals surface area contributed by atoms with Gasteiger partial charge in [-0.25, -0.2) is 0 Å². The van der Waals surface area contributed by atoms with Gasteiger partial charge in [0.1, 0.15) is 0 Å². The number of rotatable bonds is 5. The van der Waals surface area contributed by atoms with Gasteiger partial charge >= 0.3 is 5.97 Å². The molecule has 0 spiro atoms. The minimum Gasteiger partial charge on any atom is -0.481 e. The average Bonchev–Trinajstić information content (AvgIpc) is 2.95. The van der Waals surface area contributed by atoms with Crippen LogP contribution in [0, 0.1) is 17.8 Å². The smallest absolute Gasteiger partial charge is 0.307 e. The number of carbonyl (C=O) groups excluding carboxylic acids is 1. The summed E-state index contributed by atoms with van der Waals surface area (Å²) >= 11 is 0. The Kier molecular flexibility index (Phi) is 3.49. The van der Waals surface area contributed by atoms with Crippen molar-refractivity contribution in [2.45, 2.75) is 26.7 Å². The molecule has 2 N–H and O–H groups in total. The first-order valence-electron chi connectivity index (χ1n) is 5.03. The second-order valence-corrected chi connectivity index (χ2v) is 4.10. The van der Waals surface area contributed by atoms with Crippen LogP contribution in [0.15, 0.2) is 0 Å². The van der Waals surface area contributed by atoms with Crippen LogP contribution in [0.5, 0.6) is 0 Å². The fourth-order valence-corrected chi connectivity index (χ4v) is 1.17. The minimum absolute atomic E-state index is 0.146. The van der Waals surface area contributed by atoms with Gasteiger partial charge in [-0.3, -0.25) is 9.59 Å². The predicted molar refractivity (Wildman–Crippen MR) is 51.7 cm³/mol. The third-order valence-electron chi connectivity index (χ3n) is 2.81. The quantitative estimate of drug-likeness (QED) is 0.690. The standard InChI is InChI=1S/C10H17NO3/c1-6(7(2)10(13)14)9(12)11-5-8-3-4-8/h6-8H,3-5H2,1-2H3,(H,11,12)(H,13,14). The van der Waals surface area contributed by atoms with Crippen molar-refractivity contribution in [3.05, 3.63) is 0 Å². The molecule has 2 atom stereocenters. The highest BCUT2D eigenvalue weighted by atomic mass is 16.4. The fourth-order valence-electron chi connectivity index (χ4n) is 1.17. The molecule has 0 aliphatic heterocycles. The molecule has 4 heteroatoms. The molecule has 4 nitrogen and oxygen atoms in total. The van der Waals surface area contributed by atoms with E-state index >= 15 is 0 Å². The molecule has 0 aromatic heterocycles. The molecule has 0 aromatic carbocycles. The van der Waals surface area contributed by atoms with Crippen LogP contribution >= 0.6 is 0 Å². The van der Waals surface area contributed by atoms with Crippen molar-refractivity contribution >= 4 is 11.9 Å². The van der Waals surface area contributed by atoms with Crippen LogP contribution < -0.4 is 5.32 Å². The third-order valence-corrected chi connectivity index (χ3v) is 2.81. The zero-order valence-electron chi connectivity index (χ0n) is 8.62. The first kappa shape index (κ1) is 11.0. The van der Waals surface area contributed by atoms with Crippen LogP contribution in [-0.2, 0) is 9.59 Å². The maximum atomic E-state index is 11.4. The van der Waals surface area contributed by atoms with Gasteiger partial charge in [0.15, 0.2) is 0 Å². The normalized spacial score (nSPS) is 19.9. The van der Waals surface area contributed by atoms with Crippen LogP contribution in [0.1, 0.15) is 26.7 Å². The Morgan fingerprint density at radius 3 is 2.36 bits per heavy atom. The Hall–Kier alpha value is -1.06. The molecule has 1 amide bonds. The summed E-state index contributed by atoms with van der Waals surface area (Å²) in [4.78, 5) is 22.1. The Balaban J connectivity index is 2.30. The predicted octanol–water partition coefficient (Wildman–Crippen LogP) is 0.869. The zero-order chi connectivity index (χ0) is 10.7. The van der Waals surface area contributed by atoms with Crippen LogP contribution in [0.25, 0.3) is 0 Å². The van der Waals surface area contributed by atoms with Gasteiger partial charge in [0.2, 0.25) is 5.91 Å². The fraction of sp³-hybridized carbons (Fsp3) is 0.800. The molecular formula is C10H17NO3. The summed E-state index contributed by atoms with van der Waals surface area (Å²) in [6, 6.07) is 0. The molecule has 0 heterocycles. The summed E-state index contributed by atoms with van der Waals surface area (Å²) in [7, 11) is 0. The summed E-state index contributed by atoms with van der Waals surface area (Å²) in [5.41, 5.74) is 0.